The number of aromatic nitrogens is 1. The molecule has 0 amide bonds. The lowest BCUT2D eigenvalue weighted by Gasteiger charge is -2.04. The molecule has 2 heteroatoms. The van der Waals surface area contributed by atoms with Crippen molar-refractivity contribution in [2.45, 2.75) is 31.8 Å². The van der Waals surface area contributed by atoms with Gasteiger partial charge in [-0.3, -0.25) is 4.98 Å². The molecule has 0 bridgehead atoms. The van der Waals surface area contributed by atoms with Gasteiger partial charge in [0.2, 0.25) is 0 Å². The van der Waals surface area contributed by atoms with E-state index in [9.17, 15) is 5.11 Å². The number of pyridine rings is 1. The number of hydrogen-bond donors (Lipinski definition) is 1. The average Bonchev–Trinajstić information content (AvgIpc) is 2.87. The van der Waals surface area contributed by atoms with Gasteiger partial charge in [-0.05, 0) is 43.4 Å². The van der Waals surface area contributed by atoms with Gasteiger partial charge in [-0.1, -0.05) is 0 Å². The molecule has 0 aromatic carbocycles. The van der Waals surface area contributed by atoms with E-state index >= 15 is 0 Å². The summed E-state index contributed by atoms with van der Waals surface area (Å²) in [5, 5.41) is 9.29. The third-order valence-corrected chi connectivity index (χ3v) is 2.28. The van der Waals surface area contributed by atoms with Gasteiger partial charge in [0.1, 0.15) is 0 Å². The molecular weight excluding hydrogens is 150 g/mol. The van der Waals surface area contributed by atoms with E-state index in [-0.39, 0.29) is 0 Å². The summed E-state index contributed by atoms with van der Waals surface area (Å²) in [6, 6.07) is 4.06. The lowest BCUT2D eigenvalue weighted by molar-refractivity contribution is 0.194. The van der Waals surface area contributed by atoms with Crippen LogP contribution in [0.4, 0.5) is 0 Å². The van der Waals surface area contributed by atoms with E-state index < -0.39 is 6.10 Å². The van der Waals surface area contributed by atoms with Crippen LogP contribution in [0.25, 0.3) is 0 Å². The van der Waals surface area contributed by atoms with Gasteiger partial charge in [-0.15, -0.1) is 0 Å². The van der Waals surface area contributed by atoms with Crippen LogP contribution in [0.5, 0.6) is 0 Å². The number of aliphatic hydroxyl groups is 1. The van der Waals surface area contributed by atoms with Crippen molar-refractivity contribution in [3.8, 4) is 0 Å². The van der Waals surface area contributed by atoms with Crippen molar-refractivity contribution in [2.24, 2.45) is 0 Å². The van der Waals surface area contributed by atoms with Gasteiger partial charge >= 0.3 is 0 Å². The Morgan fingerprint density at radius 1 is 1.58 bits per heavy atom. The summed E-state index contributed by atoms with van der Waals surface area (Å²) < 4.78 is 0. The lowest BCUT2D eigenvalue weighted by Crippen LogP contribution is -1.95. The first kappa shape index (κ1) is 7.74. The molecule has 1 fully saturated rings. The Balaban J connectivity index is 2.26. The molecule has 64 valence electrons. The van der Waals surface area contributed by atoms with Crippen LogP contribution < -0.4 is 0 Å². The molecule has 1 heterocycles. The predicted octanol–water partition coefficient (Wildman–Crippen LogP) is 2.01. The molecule has 2 rings (SSSR count). The highest BCUT2D eigenvalue weighted by atomic mass is 16.3. The first-order chi connectivity index (χ1) is 5.77. The topological polar surface area (TPSA) is 33.1 Å². The monoisotopic (exact) mass is 163 g/mol. The van der Waals surface area contributed by atoms with Crippen LogP contribution in [0.2, 0.25) is 0 Å². The molecule has 1 aliphatic rings. The van der Waals surface area contributed by atoms with Crippen molar-refractivity contribution in [3.05, 3.63) is 29.6 Å². The summed E-state index contributed by atoms with van der Waals surface area (Å²) in [4.78, 5) is 4.10. The van der Waals surface area contributed by atoms with Crippen LogP contribution in [0.15, 0.2) is 18.3 Å². The van der Waals surface area contributed by atoms with Gasteiger partial charge in [0.05, 0.1) is 11.8 Å². The van der Waals surface area contributed by atoms with E-state index in [0.29, 0.717) is 0 Å². The molecule has 1 aromatic heterocycles. The second-order valence-corrected chi connectivity index (χ2v) is 3.46. The summed E-state index contributed by atoms with van der Waals surface area (Å²) in [6.45, 7) is 1.75. The number of nitrogens with zero attached hydrogens (tertiary/aromatic N) is 1. The molecule has 1 saturated carbocycles. The first-order valence-electron chi connectivity index (χ1n) is 4.41. The Labute approximate surface area is 72.3 Å². The molecule has 0 spiro atoms. The minimum Gasteiger partial charge on any atom is -0.387 e. The van der Waals surface area contributed by atoms with E-state index in [2.05, 4.69) is 4.98 Å². The summed E-state index contributed by atoms with van der Waals surface area (Å²) in [5.41, 5.74) is 2.13. The van der Waals surface area contributed by atoms with E-state index in [1.54, 1.807) is 13.1 Å². The van der Waals surface area contributed by atoms with Crippen LogP contribution in [0.3, 0.4) is 0 Å². The maximum absolute atomic E-state index is 9.29. The molecule has 12 heavy (non-hydrogen) atoms. The van der Waals surface area contributed by atoms with Gasteiger partial charge < -0.3 is 5.11 Å². The van der Waals surface area contributed by atoms with Gasteiger partial charge in [0, 0.05) is 6.20 Å². The highest BCUT2D eigenvalue weighted by Crippen LogP contribution is 2.40. The standard InChI is InChI=1S/C10H13NO/c1-7(12)10-6-9(4-5-11-10)8-2-3-8/h4-8,12H,2-3H2,1H3. The predicted molar refractivity (Wildman–Crippen MR) is 46.8 cm³/mol. The van der Waals surface area contributed by atoms with Crippen LogP contribution >= 0.6 is 0 Å². The van der Waals surface area contributed by atoms with Crippen molar-refractivity contribution < 1.29 is 5.11 Å². The van der Waals surface area contributed by atoms with Crippen molar-refractivity contribution >= 4 is 0 Å². The maximum atomic E-state index is 9.29. The number of rotatable bonds is 2. The van der Waals surface area contributed by atoms with Crippen LogP contribution in [-0.2, 0) is 0 Å². The van der Waals surface area contributed by atoms with Crippen molar-refractivity contribution in [1.82, 2.24) is 4.98 Å². The Hall–Kier alpha value is -0.890. The third-order valence-electron chi connectivity index (χ3n) is 2.28. The van der Waals surface area contributed by atoms with Crippen LogP contribution in [0.1, 0.15) is 43.0 Å². The second kappa shape index (κ2) is 2.87. The van der Waals surface area contributed by atoms with E-state index in [1.165, 1.54) is 18.4 Å². The van der Waals surface area contributed by atoms with E-state index in [4.69, 9.17) is 0 Å². The van der Waals surface area contributed by atoms with Crippen LogP contribution in [0, 0.1) is 0 Å². The largest absolute Gasteiger partial charge is 0.387 e. The minimum absolute atomic E-state index is 0.441. The summed E-state index contributed by atoms with van der Waals surface area (Å²) in [7, 11) is 0. The van der Waals surface area contributed by atoms with Gasteiger partial charge in [-0.2, -0.15) is 0 Å². The Morgan fingerprint density at radius 2 is 2.33 bits per heavy atom. The Bertz CT molecular complexity index is 262. The first-order valence-corrected chi connectivity index (χ1v) is 4.41. The summed E-state index contributed by atoms with van der Waals surface area (Å²) in [6.07, 6.45) is 3.94. The van der Waals surface area contributed by atoms with Crippen LogP contribution in [-0.4, -0.2) is 10.1 Å². The molecular formula is C10H13NO. The van der Waals surface area contributed by atoms with Crippen molar-refractivity contribution in [2.75, 3.05) is 0 Å². The summed E-state index contributed by atoms with van der Waals surface area (Å²) >= 11 is 0. The maximum Gasteiger partial charge on any atom is 0.0931 e. The molecule has 1 aliphatic carbocycles. The smallest absolute Gasteiger partial charge is 0.0931 e. The summed E-state index contributed by atoms with van der Waals surface area (Å²) in [5.74, 6) is 0.741. The van der Waals surface area contributed by atoms with Gasteiger partial charge in [0.25, 0.3) is 0 Å². The molecule has 0 saturated heterocycles. The fourth-order valence-corrected chi connectivity index (χ4v) is 1.36. The third kappa shape index (κ3) is 1.48. The average molecular weight is 163 g/mol. The zero-order valence-electron chi connectivity index (χ0n) is 7.20. The lowest BCUT2D eigenvalue weighted by atomic mass is 10.1. The van der Waals surface area contributed by atoms with E-state index in [1.807, 2.05) is 12.1 Å². The SMILES string of the molecule is CC(O)c1cc(C2CC2)ccn1. The van der Waals surface area contributed by atoms with E-state index in [0.717, 1.165) is 11.6 Å². The molecule has 1 N–H and O–H groups in total. The molecule has 1 atom stereocenters. The number of hydrogen-bond acceptors (Lipinski definition) is 2. The number of aliphatic hydroxyl groups excluding tert-OH is 1. The Morgan fingerprint density at radius 3 is 2.92 bits per heavy atom. The molecule has 0 aliphatic heterocycles. The van der Waals surface area contributed by atoms with Gasteiger partial charge in [-0.25, -0.2) is 0 Å². The van der Waals surface area contributed by atoms with Crippen molar-refractivity contribution in [3.63, 3.8) is 0 Å². The quantitative estimate of drug-likeness (QED) is 0.723. The minimum atomic E-state index is -0.441. The highest BCUT2D eigenvalue weighted by Gasteiger charge is 2.23. The van der Waals surface area contributed by atoms with Crippen molar-refractivity contribution in [1.29, 1.82) is 0 Å². The fraction of sp³-hybridized carbons (Fsp3) is 0.500. The molecule has 1 unspecified atom stereocenters. The molecule has 0 radical (unpaired) electrons. The zero-order chi connectivity index (χ0) is 8.55. The fourth-order valence-electron chi connectivity index (χ4n) is 1.36. The molecule has 2 nitrogen and oxygen atoms in total. The normalized spacial score (nSPS) is 19.2. The Kier molecular flexibility index (Phi) is 1.85. The second-order valence-electron chi connectivity index (χ2n) is 3.46. The van der Waals surface area contributed by atoms with Gasteiger partial charge in [0.15, 0.2) is 0 Å². The zero-order valence-corrected chi connectivity index (χ0v) is 7.20. The highest BCUT2D eigenvalue weighted by molar-refractivity contribution is 5.25. The molecule has 1 aromatic rings.